The number of halogens is 4. The number of nitrogens with one attached hydrogen (secondary N) is 1. The van der Waals surface area contributed by atoms with Gasteiger partial charge in [-0.2, -0.15) is 13.2 Å². The molecule has 1 aromatic carbocycles. The van der Waals surface area contributed by atoms with Crippen LogP contribution in [0.5, 0.6) is 0 Å². The summed E-state index contributed by atoms with van der Waals surface area (Å²) in [5.41, 5.74) is -2.05. The Labute approximate surface area is 124 Å². The number of carboxylic acid groups (broad SMARTS) is 1. The van der Waals surface area contributed by atoms with E-state index >= 15 is 0 Å². The van der Waals surface area contributed by atoms with Gasteiger partial charge < -0.3 is 10.1 Å². The molecule has 0 bridgehead atoms. The largest absolute Gasteiger partial charge is 0.477 e. The molecule has 4 nitrogen and oxygen atoms in total. The van der Waals surface area contributed by atoms with Crippen molar-refractivity contribution < 1.29 is 27.9 Å². The molecule has 1 heterocycles. The minimum Gasteiger partial charge on any atom is -0.477 e. The fourth-order valence-electron chi connectivity index (χ4n) is 1.75. The fraction of sp³-hybridized carbons (Fsp3) is 0.0769. The maximum atomic E-state index is 13.0. The van der Waals surface area contributed by atoms with Crippen LogP contribution in [0.3, 0.4) is 0 Å². The van der Waals surface area contributed by atoms with E-state index in [4.69, 9.17) is 5.11 Å². The molecule has 8 heteroatoms. The van der Waals surface area contributed by atoms with E-state index < -0.39 is 29.1 Å². The van der Waals surface area contributed by atoms with E-state index in [0.29, 0.717) is 0 Å². The third kappa shape index (κ3) is 3.15. The average molecular weight is 362 g/mol. The second-order valence-electron chi connectivity index (χ2n) is 4.12. The number of rotatable bonds is 3. The molecule has 0 radical (unpaired) electrons. The molecular formula is C13H7BrF3NO3. The number of alkyl halides is 3. The minimum atomic E-state index is -4.69. The average Bonchev–Trinajstić information content (AvgIpc) is 2.86. The molecule has 0 unspecified atom stereocenters. The smallest absolute Gasteiger partial charge is 0.417 e. The summed E-state index contributed by atoms with van der Waals surface area (Å²) in [7, 11) is 0. The molecule has 0 fully saturated rings. The molecule has 0 aliphatic carbocycles. The Hall–Kier alpha value is -2.09. The number of carbonyl (C=O) groups is 2. The summed E-state index contributed by atoms with van der Waals surface area (Å²) in [5, 5.41) is 8.74. The summed E-state index contributed by atoms with van der Waals surface area (Å²) in [6.45, 7) is 0. The Morgan fingerprint density at radius 2 is 1.86 bits per heavy atom. The van der Waals surface area contributed by atoms with Crippen LogP contribution in [-0.2, 0) is 6.18 Å². The first-order chi connectivity index (χ1) is 9.70. The van der Waals surface area contributed by atoms with Crippen molar-refractivity contribution in [2.45, 2.75) is 6.18 Å². The first kappa shape index (κ1) is 15.3. The highest BCUT2D eigenvalue weighted by Gasteiger charge is 2.35. The van der Waals surface area contributed by atoms with Crippen molar-refractivity contribution in [2.75, 3.05) is 0 Å². The highest BCUT2D eigenvalue weighted by atomic mass is 79.9. The number of carboxylic acids is 1. The lowest BCUT2D eigenvalue weighted by molar-refractivity contribution is -0.137. The Morgan fingerprint density at radius 3 is 2.38 bits per heavy atom. The van der Waals surface area contributed by atoms with Crippen molar-refractivity contribution >= 4 is 27.7 Å². The Kier molecular flexibility index (Phi) is 3.91. The van der Waals surface area contributed by atoms with Crippen molar-refractivity contribution in [1.29, 1.82) is 0 Å². The molecule has 2 rings (SSSR count). The summed E-state index contributed by atoms with van der Waals surface area (Å²) >= 11 is 2.92. The molecule has 0 atom stereocenters. The molecule has 0 aliphatic heterocycles. The van der Waals surface area contributed by atoms with E-state index in [1.54, 1.807) is 0 Å². The summed E-state index contributed by atoms with van der Waals surface area (Å²) in [5.74, 6) is -2.21. The number of aromatic amines is 1. The van der Waals surface area contributed by atoms with Gasteiger partial charge in [-0.3, -0.25) is 4.79 Å². The molecule has 0 saturated heterocycles. The van der Waals surface area contributed by atoms with Crippen LogP contribution in [0.2, 0.25) is 0 Å². The minimum absolute atomic E-state index is 0.153. The second kappa shape index (κ2) is 5.36. The van der Waals surface area contributed by atoms with E-state index in [-0.39, 0.29) is 15.7 Å². The summed E-state index contributed by atoms with van der Waals surface area (Å²) in [6, 6.07) is 4.15. The molecule has 0 aliphatic rings. The first-order valence-corrected chi connectivity index (χ1v) is 6.32. The van der Waals surface area contributed by atoms with Gasteiger partial charge in [-0.1, -0.05) is 15.9 Å². The highest BCUT2D eigenvalue weighted by Crippen LogP contribution is 2.34. The predicted octanol–water partition coefficient (Wildman–Crippen LogP) is 3.73. The lowest BCUT2D eigenvalue weighted by Crippen LogP contribution is -2.13. The zero-order chi connectivity index (χ0) is 15.8. The van der Waals surface area contributed by atoms with Crippen molar-refractivity contribution in [3.8, 4) is 0 Å². The van der Waals surface area contributed by atoms with E-state index in [0.717, 1.165) is 24.4 Å². The topological polar surface area (TPSA) is 70.2 Å². The number of hydrogen-bond acceptors (Lipinski definition) is 2. The SMILES string of the molecule is O=C(O)c1cc(C(=O)c2ccc(Br)cc2C(F)(F)F)c[nH]1. The van der Waals surface area contributed by atoms with E-state index in [1.165, 1.54) is 6.07 Å². The highest BCUT2D eigenvalue weighted by molar-refractivity contribution is 9.10. The van der Waals surface area contributed by atoms with Crippen LogP contribution >= 0.6 is 15.9 Å². The van der Waals surface area contributed by atoms with Crippen LogP contribution < -0.4 is 0 Å². The molecule has 0 amide bonds. The quantitative estimate of drug-likeness (QED) is 0.818. The van der Waals surface area contributed by atoms with Crippen LogP contribution in [0.1, 0.15) is 32.0 Å². The van der Waals surface area contributed by atoms with Crippen LogP contribution in [0.4, 0.5) is 13.2 Å². The maximum Gasteiger partial charge on any atom is 0.417 e. The van der Waals surface area contributed by atoms with Gasteiger partial charge in [-0.15, -0.1) is 0 Å². The van der Waals surface area contributed by atoms with Gasteiger partial charge in [0, 0.05) is 21.8 Å². The second-order valence-corrected chi connectivity index (χ2v) is 5.04. The monoisotopic (exact) mass is 361 g/mol. The third-order valence-electron chi connectivity index (χ3n) is 2.71. The van der Waals surface area contributed by atoms with Crippen LogP contribution in [0.25, 0.3) is 0 Å². The van der Waals surface area contributed by atoms with E-state index in [9.17, 15) is 22.8 Å². The summed E-state index contributed by atoms with van der Waals surface area (Å²) in [4.78, 5) is 25.2. The Morgan fingerprint density at radius 1 is 1.19 bits per heavy atom. The Bertz CT molecular complexity index is 722. The molecule has 110 valence electrons. The molecule has 1 aromatic heterocycles. The van der Waals surface area contributed by atoms with Gasteiger partial charge in [0.1, 0.15) is 5.69 Å². The van der Waals surface area contributed by atoms with Crippen LogP contribution in [0, 0.1) is 0 Å². The van der Waals surface area contributed by atoms with Gasteiger partial charge in [0.15, 0.2) is 5.78 Å². The van der Waals surface area contributed by atoms with Gasteiger partial charge >= 0.3 is 12.1 Å². The van der Waals surface area contributed by atoms with Crippen LogP contribution in [0.15, 0.2) is 34.9 Å². The van der Waals surface area contributed by atoms with E-state index in [1.807, 2.05) is 0 Å². The van der Waals surface area contributed by atoms with Gasteiger partial charge in [0.25, 0.3) is 0 Å². The number of aromatic carboxylic acids is 1. The van der Waals surface area contributed by atoms with Gasteiger partial charge in [0.05, 0.1) is 5.56 Å². The predicted molar refractivity (Wildman–Crippen MR) is 70.3 cm³/mol. The molecular weight excluding hydrogens is 355 g/mol. The number of ketones is 1. The zero-order valence-electron chi connectivity index (χ0n) is 10.2. The standard InChI is InChI=1S/C13H7BrF3NO3/c14-7-1-2-8(9(4-7)13(15,16)17)11(19)6-3-10(12(20)21)18-5-6/h1-5,18H,(H,20,21). The van der Waals surface area contributed by atoms with Crippen molar-refractivity contribution in [2.24, 2.45) is 0 Å². The van der Waals surface area contributed by atoms with Gasteiger partial charge in [0.2, 0.25) is 0 Å². The van der Waals surface area contributed by atoms with E-state index in [2.05, 4.69) is 20.9 Å². The molecule has 21 heavy (non-hydrogen) atoms. The number of H-pyrrole nitrogens is 1. The lowest BCUT2D eigenvalue weighted by atomic mass is 9.99. The van der Waals surface area contributed by atoms with Gasteiger partial charge in [-0.25, -0.2) is 4.79 Å². The normalized spacial score (nSPS) is 11.4. The lowest BCUT2D eigenvalue weighted by Gasteiger charge is -2.12. The number of benzene rings is 1. The maximum absolute atomic E-state index is 13.0. The van der Waals surface area contributed by atoms with Crippen molar-refractivity contribution in [1.82, 2.24) is 4.98 Å². The molecule has 2 N–H and O–H groups in total. The number of aromatic nitrogens is 1. The van der Waals surface area contributed by atoms with Crippen molar-refractivity contribution in [3.05, 3.63) is 57.3 Å². The summed E-state index contributed by atoms with van der Waals surface area (Å²) < 4.78 is 39.1. The molecule has 2 aromatic rings. The molecule has 0 spiro atoms. The third-order valence-corrected chi connectivity index (χ3v) is 3.20. The van der Waals surface area contributed by atoms with Crippen LogP contribution in [-0.4, -0.2) is 21.8 Å². The van der Waals surface area contributed by atoms with Crippen molar-refractivity contribution in [3.63, 3.8) is 0 Å². The van der Waals surface area contributed by atoms with Gasteiger partial charge in [-0.05, 0) is 24.3 Å². The number of carbonyl (C=O) groups excluding carboxylic acids is 1. The number of hydrogen-bond donors (Lipinski definition) is 2. The summed E-state index contributed by atoms with van der Waals surface area (Å²) in [6.07, 6.45) is -3.63. The Balaban J connectivity index is 2.50. The zero-order valence-corrected chi connectivity index (χ0v) is 11.7. The fourth-order valence-corrected chi connectivity index (χ4v) is 2.11. The first-order valence-electron chi connectivity index (χ1n) is 5.53. The molecule has 0 saturated carbocycles.